The van der Waals surface area contributed by atoms with Crippen molar-refractivity contribution in [2.24, 2.45) is 0 Å². The molecule has 0 fully saturated rings. The van der Waals surface area contributed by atoms with Crippen molar-refractivity contribution in [1.82, 2.24) is 10.6 Å². The first-order chi connectivity index (χ1) is 11.6. The Labute approximate surface area is 151 Å². The number of hydrogen-bond acceptors (Lipinski definition) is 6. The van der Waals surface area contributed by atoms with E-state index < -0.39 is 22.7 Å². The van der Waals surface area contributed by atoms with Gasteiger partial charge >= 0.3 is 6.09 Å². The van der Waals surface area contributed by atoms with E-state index in [0.29, 0.717) is 19.0 Å². The van der Waals surface area contributed by atoms with Crippen LogP contribution in [0.25, 0.3) is 0 Å². The van der Waals surface area contributed by atoms with Gasteiger partial charge in [-0.2, -0.15) is 0 Å². The van der Waals surface area contributed by atoms with E-state index in [9.17, 15) is 13.2 Å². The van der Waals surface area contributed by atoms with Gasteiger partial charge in [-0.3, -0.25) is 9.50 Å². The summed E-state index contributed by atoms with van der Waals surface area (Å²) in [5, 5.41) is 5.65. The van der Waals surface area contributed by atoms with Gasteiger partial charge in [0.1, 0.15) is 12.3 Å². The topological polar surface area (TPSA) is 93.7 Å². The molecule has 0 unspecified atom stereocenters. The van der Waals surface area contributed by atoms with Gasteiger partial charge in [0, 0.05) is 13.1 Å². The Morgan fingerprint density at radius 2 is 1.72 bits per heavy atom. The third-order valence-electron chi connectivity index (χ3n) is 3.18. The molecule has 25 heavy (non-hydrogen) atoms. The minimum absolute atomic E-state index is 0.0733. The zero-order valence-corrected chi connectivity index (χ0v) is 16.3. The van der Waals surface area contributed by atoms with Gasteiger partial charge in [-0.25, -0.2) is 13.2 Å². The summed E-state index contributed by atoms with van der Waals surface area (Å²) in [6.45, 7) is 10.4. The van der Waals surface area contributed by atoms with Crippen LogP contribution in [-0.2, 0) is 33.0 Å². The predicted octanol–water partition coefficient (Wildman–Crippen LogP) is 2.42. The zero-order valence-electron chi connectivity index (χ0n) is 15.4. The Morgan fingerprint density at radius 3 is 2.24 bits per heavy atom. The first kappa shape index (κ1) is 21.4. The molecule has 0 saturated heterocycles. The number of carbonyl (C=O) groups is 1. The standard InChI is InChI=1S/C17H28N2O5S/c1-12(2)15-7-13(9-18-11-23-25(21)22)6-14(8-15)10-19-16(20)24-17(3,4)5/h6-8,12,18,25H,9-11H2,1-5H3,(H,19,20). The number of benzene rings is 1. The molecule has 0 atom stereocenters. The first-order valence-electron chi connectivity index (χ1n) is 8.14. The molecule has 8 heteroatoms. The fraction of sp³-hybridized carbons (Fsp3) is 0.588. The summed E-state index contributed by atoms with van der Waals surface area (Å²) in [6, 6.07) is 6.04. The second-order valence-corrected chi connectivity index (χ2v) is 7.72. The third-order valence-corrected chi connectivity index (χ3v) is 3.52. The summed E-state index contributed by atoms with van der Waals surface area (Å²) in [7, 11) is -2.85. The number of carbonyl (C=O) groups excluding carboxylic acids is 1. The molecule has 0 aromatic heterocycles. The van der Waals surface area contributed by atoms with Gasteiger partial charge in [0.25, 0.3) is 11.0 Å². The highest BCUT2D eigenvalue weighted by Gasteiger charge is 2.16. The van der Waals surface area contributed by atoms with E-state index in [0.717, 1.165) is 16.7 Å². The van der Waals surface area contributed by atoms with E-state index in [1.54, 1.807) is 0 Å². The molecule has 0 heterocycles. The minimum Gasteiger partial charge on any atom is -0.444 e. The molecule has 2 N–H and O–H groups in total. The molecule has 0 aliphatic rings. The van der Waals surface area contributed by atoms with E-state index in [-0.39, 0.29) is 6.73 Å². The Hall–Kier alpha value is -1.64. The van der Waals surface area contributed by atoms with Crippen LogP contribution in [-0.4, -0.2) is 26.8 Å². The number of rotatable bonds is 8. The molecule has 0 aliphatic carbocycles. The summed E-state index contributed by atoms with van der Waals surface area (Å²) in [4.78, 5) is 11.8. The molecule has 0 bridgehead atoms. The average Bonchev–Trinajstić information content (AvgIpc) is 2.47. The molecule has 1 aromatic rings. The summed E-state index contributed by atoms with van der Waals surface area (Å²) < 4.78 is 30.5. The van der Waals surface area contributed by atoms with Gasteiger partial charge in [0.15, 0.2) is 0 Å². The fourth-order valence-electron chi connectivity index (χ4n) is 2.11. The van der Waals surface area contributed by atoms with Crippen molar-refractivity contribution in [2.75, 3.05) is 6.73 Å². The summed E-state index contributed by atoms with van der Waals surface area (Å²) in [5.41, 5.74) is 2.53. The number of nitrogens with one attached hydrogen (secondary N) is 2. The summed E-state index contributed by atoms with van der Waals surface area (Å²) in [5.74, 6) is 0.326. The molecule has 0 spiro atoms. The van der Waals surface area contributed by atoms with E-state index in [4.69, 9.17) is 4.74 Å². The Balaban J connectivity index is 2.72. The zero-order chi connectivity index (χ0) is 19.0. The average molecular weight is 372 g/mol. The maximum atomic E-state index is 11.8. The van der Waals surface area contributed by atoms with Gasteiger partial charge in [0.05, 0.1) is 0 Å². The maximum Gasteiger partial charge on any atom is 0.407 e. The second-order valence-electron chi connectivity index (χ2n) is 7.02. The van der Waals surface area contributed by atoms with Crippen molar-refractivity contribution in [3.05, 3.63) is 34.9 Å². The Kier molecular flexibility index (Phi) is 8.34. The molecule has 0 aliphatic heterocycles. The lowest BCUT2D eigenvalue weighted by atomic mass is 9.97. The Morgan fingerprint density at radius 1 is 1.12 bits per heavy atom. The Bertz CT molecular complexity index is 643. The van der Waals surface area contributed by atoms with Gasteiger partial charge in [-0.1, -0.05) is 32.0 Å². The SMILES string of the molecule is CC(C)c1cc(CNCO[SH](=O)=O)cc(CNC(=O)OC(C)(C)C)c1. The molecular formula is C17H28N2O5S. The number of alkyl carbamates (subject to hydrolysis) is 1. The van der Waals surface area contributed by atoms with E-state index in [2.05, 4.69) is 28.7 Å². The molecule has 7 nitrogen and oxygen atoms in total. The normalized spacial score (nSPS) is 11.8. The van der Waals surface area contributed by atoms with Crippen molar-refractivity contribution in [3.8, 4) is 0 Å². The lowest BCUT2D eigenvalue weighted by molar-refractivity contribution is 0.0523. The van der Waals surface area contributed by atoms with Crippen molar-refractivity contribution in [3.63, 3.8) is 0 Å². The van der Waals surface area contributed by atoms with Crippen LogP contribution in [0.5, 0.6) is 0 Å². The second kappa shape index (κ2) is 9.74. The van der Waals surface area contributed by atoms with Gasteiger partial charge in [0.2, 0.25) is 0 Å². The highest BCUT2D eigenvalue weighted by Crippen LogP contribution is 2.19. The van der Waals surface area contributed by atoms with Crippen LogP contribution in [0, 0.1) is 0 Å². The monoisotopic (exact) mass is 372 g/mol. The predicted molar refractivity (Wildman–Crippen MR) is 96.7 cm³/mol. The van der Waals surface area contributed by atoms with Crippen LogP contribution >= 0.6 is 0 Å². The van der Waals surface area contributed by atoms with Crippen molar-refractivity contribution in [2.45, 2.75) is 59.2 Å². The van der Waals surface area contributed by atoms with Crippen LogP contribution in [0.15, 0.2) is 18.2 Å². The minimum atomic E-state index is -2.85. The van der Waals surface area contributed by atoms with Crippen molar-refractivity contribution >= 4 is 17.1 Å². The fourth-order valence-corrected chi connectivity index (χ4v) is 2.31. The molecule has 0 radical (unpaired) electrons. The quantitative estimate of drug-likeness (QED) is 0.369. The molecule has 142 valence electrons. The van der Waals surface area contributed by atoms with Gasteiger partial charge in [-0.15, -0.1) is 0 Å². The van der Waals surface area contributed by atoms with Crippen LogP contribution in [0.4, 0.5) is 4.79 Å². The summed E-state index contributed by atoms with van der Waals surface area (Å²) in [6.07, 6.45) is -0.463. The first-order valence-corrected chi connectivity index (χ1v) is 9.24. The molecular weight excluding hydrogens is 344 g/mol. The number of hydrogen-bond donors (Lipinski definition) is 3. The number of thiol groups is 1. The van der Waals surface area contributed by atoms with E-state index >= 15 is 0 Å². The maximum absolute atomic E-state index is 11.8. The molecule has 1 amide bonds. The van der Waals surface area contributed by atoms with Gasteiger partial charge in [-0.05, 0) is 43.4 Å². The molecule has 1 aromatic carbocycles. The smallest absolute Gasteiger partial charge is 0.407 e. The van der Waals surface area contributed by atoms with Crippen LogP contribution in [0.2, 0.25) is 0 Å². The highest BCUT2D eigenvalue weighted by molar-refractivity contribution is 7.67. The highest BCUT2D eigenvalue weighted by atomic mass is 32.2. The lowest BCUT2D eigenvalue weighted by Crippen LogP contribution is -2.32. The largest absolute Gasteiger partial charge is 0.444 e. The van der Waals surface area contributed by atoms with E-state index in [1.807, 2.05) is 39.0 Å². The van der Waals surface area contributed by atoms with Crippen LogP contribution < -0.4 is 10.6 Å². The van der Waals surface area contributed by atoms with Crippen LogP contribution in [0.3, 0.4) is 0 Å². The number of ether oxygens (including phenoxy) is 1. The molecule has 0 saturated carbocycles. The lowest BCUT2D eigenvalue weighted by Gasteiger charge is -2.20. The van der Waals surface area contributed by atoms with Crippen LogP contribution in [0.1, 0.15) is 57.2 Å². The van der Waals surface area contributed by atoms with Crippen molar-refractivity contribution < 1.29 is 22.1 Å². The third kappa shape index (κ3) is 9.42. The van der Waals surface area contributed by atoms with Gasteiger partial charge < -0.3 is 10.1 Å². The van der Waals surface area contributed by atoms with E-state index in [1.165, 1.54) is 0 Å². The number of amides is 1. The molecule has 1 rings (SSSR count). The summed E-state index contributed by atoms with van der Waals surface area (Å²) >= 11 is 0. The van der Waals surface area contributed by atoms with Crippen molar-refractivity contribution in [1.29, 1.82) is 0 Å².